The number of aryl methyl sites for hydroxylation is 2. The van der Waals surface area contributed by atoms with Gasteiger partial charge in [0.05, 0.1) is 12.6 Å². The summed E-state index contributed by atoms with van der Waals surface area (Å²) >= 11 is 0. The third kappa shape index (κ3) is 4.70. The molecule has 3 rings (SSSR count). The monoisotopic (exact) mass is 487 g/mol. The van der Waals surface area contributed by atoms with Crippen molar-refractivity contribution in [3.8, 4) is 5.75 Å². The van der Waals surface area contributed by atoms with Gasteiger partial charge in [-0.1, -0.05) is 19.9 Å². The number of fused-ring (bicyclic) bond motifs is 1. The topological polar surface area (TPSA) is 46.1 Å². The minimum Gasteiger partial charge on any atom is -0.492 e. The molecule has 1 aliphatic carbocycles. The Kier molecular flexibility index (Phi) is 7.41. The van der Waals surface area contributed by atoms with Crippen LogP contribution in [0.1, 0.15) is 31.4 Å². The zero-order valence-corrected chi connectivity index (χ0v) is 19.7. The fourth-order valence-corrected chi connectivity index (χ4v) is 4.52. The Balaban J connectivity index is 0.00000261. The average Bonchev–Trinajstić information content (AvgIpc) is 3.01. The third-order valence-corrected chi connectivity index (χ3v) is 5.85. The highest BCUT2D eigenvalue weighted by Crippen LogP contribution is 2.52. The van der Waals surface area contributed by atoms with Gasteiger partial charge >= 0.3 is 0 Å². The summed E-state index contributed by atoms with van der Waals surface area (Å²) in [5, 5.41) is 3.67. The highest BCUT2D eigenvalue weighted by molar-refractivity contribution is 14.0. The lowest BCUT2D eigenvalue weighted by Crippen LogP contribution is -2.68. The van der Waals surface area contributed by atoms with Gasteiger partial charge in [0.2, 0.25) is 0 Å². The molecule has 0 aromatic heterocycles. The number of aliphatic imine (C=N–C) groups is 1. The predicted octanol–water partition coefficient (Wildman–Crippen LogP) is 3.62. The van der Waals surface area contributed by atoms with E-state index in [4.69, 9.17) is 9.47 Å². The lowest BCUT2D eigenvalue weighted by Gasteiger charge is -2.55. The molecule has 1 aliphatic heterocycles. The van der Waals surface area contributed by atoms with E-state index in [0.717, 1.165) is 31.3 Å². The lowest BCUT2D eigenvalue weighted by atomic mass is 9.57. The maximum Gasteiger partial charge on any atom is 0.193 e. The summed E-state index contributed by atoms with van der Waals surface area (Å²) in [4.78, 5) is 6.62. The van der Waals surface area contributed by atoms with Crippen molar-refractivity contribution in [1.29, 1.82) is 0 Å². The first kappa shape index (κ1) is 22.3. The van der Waals surface area contributed by atoms with Crippen molar-refractivity contribution in [2.45, 2.75) is 46.3 Å². The molecule has 5 nitrogen and oxygen atoms in total. The van der Waals surface area contributed by atoms with Crippen molar-refractivity contribution >= 4 is 29.9 Å². The molecule has 1 aromatic rings. The first-order valence-corrected chi connectivity index (χ1v) is 9.60. The Bertz CT molecular complexity index is 657. The number of benzene rings is 1. The van der Waals surface area contributed by atoms with Gasteiger partial charge in [0.25, 0.3) is 0 Å². The fourth-order valence-electron chi connectivity index (χ4n) is 4.52. The summed E-state index contributed by atoms with van der Waals surface area (Å²) in [5.74, 6) is 2.46. The standard InChI is InChI=1S/C21H33N3O2.HI/c1-14-11-15(2)13-16(12-14)25-10-8-24(6)20(22-5)23-18-17-7-9-26-19(17)21(18,3)4;/h11-13,17-19H,7-10H2,1-6H3,(H,22,23);1H. The second kappa shape index (κ2) is 8.99. The molecular weight excluding hydrogens is 453 g/mol. The Morgan fingerprint density at radius 3 is 2.59 bits per heavy atom. The number of nitrogens with zero attached hydrogens (tertiary/aromatic N) is 2. The van der Waals surface area contributed by atoms with Gasteiger partial charge in [0, 0.05) is 38.1 Å². The fraction of sp³-hybridized carbons (Fsp3) is 0.667. The number of likely N-dealkylation sites (N-methyl/N-ethyl adjacent to an activating group) is 1. The van der Waals surface area contributed by atoms with Crippen LogP contribution in [0.4, 0.5) is 0 Å². The van der Waals surface area contributed by atoms with Crippen LogP contribution in [0.2, 0.25) is 0 Å². The van der Waals surface area contributed by atoms with Crippen LogP contribution >= 0.6 is 24.0 Å². The summed E-state index contributed by atoms with van der Waals surface area (Å²) in [6.45, 7) is 11.1. The molecule has 0 spiro atoms. The predicted molar refractivity (Wildman–Crippen MR) is 121 cm³/mol. The molecule has 2 aliphatic rings. The van der Waals surface area contributed by atoms with Crippen molar-refractivity contribution in [1.82, 2.24) is 10.2 Å². The molecule has 0 radical (unpaired) electrons. The van der Waals surface area contributed by atoms with E-state index in [0.29, 0.717) is 24.7 Å². The molecule has 27 heavy (non-hydrogen) atoms. The average molecular weight is 487 g/mol. The molecule has 3 unspecified atom stereocenters. The molecule has 2 fully saturated rings. The van der Waals surface area contributed by atoms with Gasteiger partial charge in [-0.05, 0) is 43.5 Å². The Hall–Kier alpha value is -1.02. The zero-order valence-electron chi connectivity index (χ0n) is 17.4. The van der Waals surface area contributed by atoms with Gasteiger partial charge in [-0.3, -0.25) is 4.99 Å². The molecule has 0 bridgehead atoms. The number of hydrogen-bond acceptors (Lipinski definition) is 3. The zero-order chi connectivity index (χ0) is 18.9. The highest BCUT2D eigenvalue weighted by Gasteiger charge is 2.59. The third-order valence-electron chi connectivity index (χ3n) is 5.85. The summed E-state index contributed by atoms with van der Waals surface area (Å²) in [5.41, 5.74) is 2.60. The maximum atomic E-state index is 5.94. The first-order valence-electron chi connectivity index (χ1n) is 9.60. The summed E-state index contributed by atoms with van der Waals surface area (Å²) in [7, 11) is 3.91. The van der Waals surface area contributed by atoms with E-state index in [2.05, 4.69) is 68.2 Å². The molecule has 152 valence electrons. The second-order valence-electron chi connectivity index (χ2n) is 8.33. The molecule has 6 heteroatoms. The van der Waals surface area contributed by atoms with Gasteiger partial charge < -0.3 is 19.7 Å². The molecule has 1 N–H and O–H groups in total. The molecule has 3 atom stereocenters. The summed E-state index contributed by atoms with van der Waals surface area (Å²) < 4.78 is 11.8. The van der Waals surface area contributed by atoms with E-state index < -0.39 is 0 Å². The smallest absolute Gasteiger partial charge is 0.193 e. The molecule has 0 amide bonds. The van der Waals surface area contributed by atoms with Gasteiger partial charge in [0.1, 0.15) is 12.4 Å². The molecule has 1 heterocycles. The number of halogens is 1. The minimum atomic E-state index is 0. The van der Waals surface area contributed by atoms with Gasteiger partial charge in [-0.2, -0.15) is 0 Å². The largest absolute Gasteiger partial charge is 0.492 e. The van der Waals surface area contributed by atoms with Crippen LogP contribution in [0.25, 0.3) is 0 Å². The van der Waals surface area contributed by atoms with Crippen LogP contribution in [-0.4, -0.2) is 56.9 Å². The molecular formula is C21H34IN3O2. The highest BCUT2D eigenvalue weighted by atomic mass is 127. The van der Waals surface area contributed by atoms with Crippen molar-refractivity contribution in [2.24, 2.45) is 16.3 Å². The van der Waals surface area contributed by atoms with Crippen LogP contribution in [0.3, 0.4) is 0 Å². The van der Waals surface area contributed by atoms with E-state index in [-0.39, 0.29) is 29.4 Å². The first-order chi connectivity index (χ1) is 12.3. The van der Waals surface area contributed by atoms with Crippen LogP contribution < -0.4 is 10.1 Å². The minimum absolute atomic E-state index is 0. The number of nitrogens with one attached hydrogen (secondary N) is 1. The van der Waals surface area contributed by atoms with Gasteiger partial charge in [-0.15, -0.1) is 24.0 Å². The SMILES string of the molecule is CN=C(NC1C2CCOC2C1(C)C)N(C)CCOc1cc(C)cc(C)c1.I. The van der Waals surface area contributed by atoms with E-state index in [1.54, 1.807) is 0 Å². The van der Waals surface area contributed by atoms with Crippen molar-refractivity contribution in [3.63, 3.8) is 0 Å². The summed E-state index contributed by atoms with van der Waals surface area (Å²) in [6.07, 6.45) is 1.53. The molecule has 1 aromatic carbocycles. The van der Waals surface area contributed by atoms with E-state index in [9.17, 15) is 0 Å². The van der Waals surface area contributed by atoms with E-state index in [1.165, 1.54) is 11.1 Å². The number of guanidine groups is 1. The van der Waals surface area contributed by atoms with E-state index in [1.807, 2.05) is 7.05 Å². The van der Waals surface area contributed by atoms with Gasteiger partial charge in [-0.25, -0.2) is 0 Å². The number of ether oxygens (including phenoxy) is 2. The van der Waals surface area contributed by atoms with E-state index >= 15 is 0 Å². The Labute approximate surface area is 180 Å². The van der Waals surface area contributed by atoms with Crippen molar-refractivity contribution < 1.29 is 9.47 Å². The van der Waals surface area contributed by atoms with Gasteiger partial charge in [0.15, 0.2) is 5.96 Å². The quantitative estimate of drug-likeness (QED) is 0.392. The van der Waals surface area contributed by atoms with Crippen LogP contribution in [0.5, 0.6) is 5.75 Å². The maximum absolute atomic E-state index is 5.94. The van der Waals surface area contributed by atoms with Crippen LogP contribution in [-0.2, 0) is 4.74 Å². The molecule has 1 saturated heterocycles. The van der Waals surface area contributed by atoms with Crippen LogP contribution in [0.15, 0.2) is 23.2 Å². The number of rotatable bonds is 5. The van der Waals surface area contributed by atoms with Crippen molar-refractivity contribution in [3.05, 3.63) is 29.3 Å². The lowest BCUT2D eigenvalue weighted by molar-refractivity contribution is -0.107. The Morgan fingerprint density at radius 2 is 1.96 bits per heavy atom. The van der Waals surface area contributed by atoms with Crippen molar-refractivity contribution in [2.75, 3.05) is 33.9 Å². The van der Waals surface area contributed by atoms with Crippen LogP contribution in [0, 0.1) is 25.2 Å². The second-order valence-corrected chi connectivity index (χ2v) is 8.33. The number of hydrogen-bond donors (Lipinski definition) is 1. The summed E-state index contributed by atoms with van der Waals surface area (Å²) in [6, 6.07) is 6.73. The molecule has 1 saturated carbocycles. The Morgan fingerprint density at radius 1 is 1.30 bits per heavy atom. The normalized spacial score (nSPS) is 25.9.